The molecule has 0 bridgehead atoms. The van der Waals surface area contributed by atoms with Gasteiger partial charge in [-0.2, -0.15) is 13.2 Å². The van der Waals surface area contributed by atoms with Crippen molar-refractivity contribution >= 4 is 22.9 Å². The Balaban J connectivity index is 0.000000256. The Morgan fingerprint density at radius 3 is 2.42 bits per heavy atom. The van der Waals surface area contributed by atoms with E-state index in [-0.39, 0.29) is 24.6 Å². The summed E-state index contributed by atoms with van der Waals surface area (Å²) in [5, 5.41) is 9.95. The third-order valence-corrected chi connectivity index (χ3v) is 3.14. The highest BCUT2D eigenvalue weighted by Crippen LogP contribution is 2.19. The largest absolute Gasteiger partial charge is 0.490 e. The number of hydrogen-bond donors (Lipinski definition) is 2. The first-order chi connectivity index (χ1) is 11.2. The second kappa shape index (κ2) is 6.95. The first-order valence-corrected chi connectivity index (χ1v) is 6.76. The van der Waals surface area contributed by atoms with Gasteiger partial charge in [0.15, 0.2) is 5.58 Å². The number of fused-ring (bicyclic) bond motifs is 1. The first-order valence-electron chi connectivity index (χ1n) is 6.76. The maximum Gasteiger partial charge on any atom is 0.490 e. The van der Waals surface area contributed by atoms with Crippen LogP contribution < -0.4 is 5.32 Å². The average Bonchev–Trinajstić information content (AvgIpc) is 3.12. The van der Waals surface area contributed by atoms with Crippen LogP contribution in [0.4, 0.5) is 17.6 Å². The molecule has 130 valence electrons. The Morgan fingerprint density at radius 1 is 1.29 bits per heavy atom. The summed E-state index contributed by atoms with van der Waals surface area (Å²) >= 11 is 0. The Hall–Kier alpha value is -2.49. The zero-order chi connectivity index (χ0) is 17.9. The topological polar surface area (TPSA) is 92.4 Å². The molecular weight excluding hydrogens is 336 g/mol. The van der Waals surface area contributed by atoms with Crippen molar-refractivity contribution in [2.75, 3.05) is 6.54 Å². The van der Waals surface area contributed by atoms with Crippen molar-refractivity contribution in [1.29, 1.82) is 0 Å². The first kappa shape index (κ1) is 17.9. The van der Waals surface area contributed by atoms with Crippen molar-refractivity contribution in [3.05, 3.63) is 30.2 Å². The van der Waals surface area contributed by atoms with Gasteiger partial charge in [0.2, 0.25) is 5.78 Å². The van der Waals surface area contributed by atoms with Crippen molar-refractivity contribution in [2.24, 2.45) is 0 Å². The van der Waals surface area contributed by atoms with Gasteiger partial charge in [-0.25, -0.2) is 14.2 Å². The fourth-order valence-electron chi connectivity index (χ4n) is 2.02. The van der Waals surface area contributed by atoms with Gasteiger partial charge in [0.1, 0.15) is 11.7 Å². The molecule has 2 heterocycles. The van der Waals surface area contributed by atoms with Crippen LogP contribution in [0, 0.1) is 0 Å². The molecular formula is C14H12F4N2O4. The van der Waals surface area contributed by atoms with Gasteiger partial charge < -0.3 is 14.8 Å². The van der Waals surface area contributed by atoms with E-state index in [0.717, 1.165) is 0 Å². The number of carboxylic acid groups (broad SMARTS) is 1. The zero-order valence-corrected chi connectivity index (χ0v) is 12.0. The van der Waals surface area contributed by atoms with E-state index in [4.69, 9.17) is 14.3 Å². The standard InChI is InChI=1S/C12H11FN2O2.C2HF3O2/c13-7-5-9(14-6-7)11(16)12-15-8-3-1-2-4-10(8)17-12;3-2(4,5)1(6)7/h1-4,7,9,14H,5-6H2;(H,6,7)/t7-,9-;/m0./s1. The number of halogens is 4. The molecule has 0 spiro atoms. The summed E-state index contributed by atoms with van der Waals surface area (Å²) in [6.07, 6.45) is -5.86. The molecule has 3 rings (SSSR count). The Kier molecular flexibility index (Phi) is 5.17. The van der Waals surface area contributed by atoms with Crippen molar-refractivity contribution < 1.29 is 36.7 Å². The van der Waals surface area contributed by atoms with Crippen molar-refractivity contribution in [2.45, 2.75) is 24.8 Å². The van der Waals surface area contributed by atoms with Gasteiger partial charge in [-0.05, 0) is 12.1 Å². The van der Waals surface area contributed by atoms with Crippen LogP contribution in [0.15, 0.2) is 28.7 Å². The van der Waals surface area contributed by atoms with E-state index < -0.39 is 24.4 Å². The Morgan fingerprint density at radius 2 is 1.92 bits per heavy atom. The van der Waals surface area contributed by atoms with Gasteiger partial charge in [-0.3, -0.25) is 4.79 Å². The average molecular weight is 348 g/mol. The molecule has 0 unspecified atom stereocenters. The van der Waals surface area contributed by atoms with E-state index in [2.05, 4.69) is 10.3 Å². The molecule has 1 aliphatic heterocycles. The van der Waals surface area contributed by atoms with Crippen LogP contribution in [0.3, 0.4) is 0 Å². The molecule has 1 aromatic heterocycles. The molecule has 24 heavy (non-hydrogen) atoms. The number of para-hydroxylation sites is 2. The highest BCUT2D eigenvalue weighted by atomic mass is 19.4. The highest BCUT2D eigenvalue weighted by molar-refractivity contribution is 5.98. The predicted octanol–water partition coefficient (Wildman–Crippen LogP) is 2.34. The monoisotopic (exact) mass is 348 g/mol. The number of carboxylic acids is 1. The molecule has 0 saturated carbocycles. The van der Waals surface area contributed by atoms with E-state index >= 15 is 0 Å². The fraction of sp³-hybridized carbons (Fsp3) is 0.357. The molecule has 1 aromatic carbocycles. The lowest BCUT2D eigenvalue weighted by molar-refractivity contribution is -0.192. The SMILES string of the molecule is O=C(O)C(F)(F)F.O=C(c1nc2ccccc2o1)[C@@H]1C[C@H](F)CN1. The van der Waals surface area contributed by atoms with Crippen molar-refractivity contribution in [3.8, 4) is 0 Å². The van der Waals surface area contributed by atoms with E-state index in [1.807, 2.05) is 12.1 Å². The molecule has 6 nitrogen and oxygen atoms in total. The fourth-order valence-corrected chi connectivity index (χ4v) is 2.02. The summed E-state index contributed by atoms with van der Waals surface area (Å²) in [4.78, 5) is 25.0. The highest BCUT2D eigenvalue weighted by Gasteiger charge is 2.38. The van der Waals surface area contributed by atoms with Crippen LogP contribution in [0.5, 0.6) is 0 Å². The number of nitrogens with zero attached hydrogens (tertiary/aromatic N) is 1. The van der Waals surface area contributed by atoms with Gasteiger partial charge in [0.25, 0.3) is 5.89 Å². The lowest BCUT2D eigenvalue weighted by atomic mass is 10.1. The van der Waals surface area contributed by atoms with Crippen LogP contribution >= 0.6 is 0 Å². The van der Waals surface area contributed by atoms with Crippen LogP contribution in [0.25, 0.3) is 11.1 Å². The maximum absolute atomic E-state index is 13.0. The number of carbonyl (C=O) groups is 2. The summed E-state index contributed by atoms with van der Waals surface area (Å²) in [5.41, 5.74) is 1.22. The number of aliphatic carboxylic acids is 1. The normalized spacial score (nSPS) is 20.5. The number of nitrogens with one attached hydrogen (secondary N) is 1. The Labute approximate surface area is 132 Å². The summed E-state index contributed by atoms with van der Waals surface area (Å²) in [5.74, 6) is -2.98. The van der Waals surface area contributed by atoms with Gasteiger partial charge in [-0.1, -0.05) is 12.1 Å². The molecule has 1 fully saturated rings. The minimum Gasteiger partial charge on any atom is -0.475 e. The van der Waals surface area contributed by atoms with E-state index in [0.29, 0.717) is 11.1 Å². The summed E-state index contributed by atoms with van der Waals surface area (Å²) < 4.78 is 50.1. The predicted molar refractivity (Wildman–Crippen MR) is 73.3 cm³/mol. The Bertz CT molecular complexity index is 711. The number of carbonyl (C=O) groups excluding carboxylic acids is 1. The number of oxazole rings is 1. The number of benzene rings is 1. The van der Waals surface area contributed by atoms with Crippen LogP contribution in [0.2, 0.25) is 0 Å². The number of rotatable bonds is 2. The zero-order valence-electron chi connectivity index (χ0n) is 12.0. The van der Waals surface area contributed by atoms with Crippen molar-refractivity contribution in [3.63, 3.8) is 0 Å². The second-order valence-corrected chi connectivity index (χ2v) is 4.95. The van der Waals surface area contributed by atoms with Crippen molar-refractivity contribution in [1.82, 2.24) is 10.3 Å². The number of Topliss-reactive ketones (excluding diaryl/α,β-unsaturated/α-hetero) is 1. The van der Waals surface area contributed by atoms with Gasteiger partial charge in [0, 0.05) is 13.0 Å². The molecule has 2 aromatic rings. The number of alkyl halides is 4. The summed E-state index contributed by atoms with van der Waals surface area (Å²) in [6, 6.07) is 6.64. The smallest absolute Gasteiger partial charge is 0.475 e. The lowest BCUT2D eigenvalue weighted by Gasteiger charge is -2.03. The summed E-state index contributed by atoms with van der Waals surface area (Å²) in [6.45, 7) is 0.219. The quantitative estimate of drug-likeness (QED) is 0.639. The van der Waals surface area contributed by atoms with E-state index in [1.165, 1.54) is 0 Å². The third-order valence-electron chi connectivity index (χ3n) is 3.14. The van der Waals surface area contributed by atoms with Gasteiger partial charge in [0.05, 0.1) is 6.04 Å². The number of hydrogen-bond acceptors (Lipinski definition) is 5. The van der Waals surface area contributed by atoms with Crippen LogP contribution in [-0.2, 0) is 4.79 Å². The second-order valence-electron chi connectivity index (χ2n) is 4.95. The van der Waals surface area contributed by atoms with Gasteiger partial charge >= 0.3 is 12.1 Å². The minimum absolute atomic E-state index is 0.0535. The van der Waals surface area contributed by atoms with E-state index in [1.54, 1.807) is 12.1 Å². The molecule has 1 saturated heterocycles. The molecule has 10 heteroatoms. The minimum atomic E-state index is -5.08. The molecule has 1 aliphatic rings. The number of aromatic nitrogens is 1. The molecule has 0 aliphatic carbocycles. The lowest BCUT2D eigenvalue weighted by Crippen LogP contribution is -2.30. The molecule has 0 amide bonds. The maximum atomic E-state index is 13.0. The summed E-state index contributed by atoms with van der Waals surface area (Å²) in [7, 11) is 0. The van der Waals surface area contributed by atoms with Crippen LogP contribution in [0.1, 0.15) is 17.1 Å². The van der Waals surface area contributed by atoms with Gasteiger partial charge in [-0.15, -0.1) is 0 Å². The van der Waals surface area contributed by atoms with E-state index in [9.17, 15) is 22.4 Å². The molecule has 2 N–H and O–H groups in total. The number of ketones is 1. The third kappa shape index (κ3) is 4.28. The molecule has 2 atom stereocenters. The van der Waals surface area contributed by atoms with Crippen LogP contribution in [-0.4, -0.2) is 46.8 Å². The molecule has 0 radical (unpaired) electrons.